The minimum Gasteiger partial charge on any atom is -0.488 e. The highest BCUT2D eigenvalue weighted by Crippen LogP contribution is 2.18. The first kappa shape index (κ1) is 21.6. The largest absolute Gasteiger partial charge is 0.488 e. The van der Waals surface area contributed by atoms with E-state index in [9.17, 15) is 4.79 Å². The molecule has 0 aliphatic heterocycles. The van der Waals surface area contributed by atoms with Crippen molar-refractivity contribution >= 4 is 11.9 Å². The van der Waals surface area contributed by atoms with Crippen molar-refractivity contribution in [1.82, 2.24) is 4.57 Å². The van der Waals surface area contributed by atoms with E-state index in [2.05, 4.69) is 4.89 Å². The van der Waals surface area contributed by atoms with Gasteiger partial charge in [0, 0.05) is 18.3 Å². The smallest absolute Gasteiger partial charge is 0.209 e. The van der Waals surface area contributed by atoms with E-state index in [1.807, 2.05) is 98.3 Å². The van der Waals surface area contributed by atoms with Crippen LogP contribution >= 0.6 is 0 Å². The van der Waals surface area contributed by atoms with Crippen LogP contribution in [0.25, 0.3) is 6.08 Å². The Hall–Kier alpha value is -3.15. The van der Waals surface area contributed by atoms with Crippen LogP contribution in [0.15, 0.2) is 66.9 Å². The third-order valence-electron chi connectivity index (χ3n) is 4.81. The molecule has 0 radical (unpaired) electrons. The van der Waals surface area contributed by atoms with Crippen molar-refractivity contribution in [3.8, 4) is 5.75 Å². The number of nitrogens with zero attached hydrogens (tertiary/aromatic N) is 1. The number of hydrogen-bond donors (Lipinski definition) is 1. The molecule has 1 atom stereocenters. The maximum atomic E-state index is 13.0. The Morgan fingerprint density at radius 3 is 2.63 bits per heavy atom. The average molecular weight is 405 g/mol. The lowest BCUT2D eigenvalue weighted by Gasteiger charge is -2.13. The van der Waals surface area contributed by atoms with E-state index in [1.54, 1.807) is 0 Å². The van der Waals surface area contributed by atoms with Crippen LogP contribution in [0.2, 0.25) is 0 Å². The van der Waals surface area contributed by atoms with Gasteiger partial charge in [-0.1, -0.05) is 54.1 Å². The van der Waals surface area contributed by atoms with E-state index in [-0.39, 0.29) is 18.5 Å². The summed E-state index contributed by atoms with van der Waals surface area (Å²) in [7, 11) is 0. The first-order valence-corrected chi connectivity index (χ1v) is 9.94. The van der Waals surface area contributed by atoms with Crippen LogP contribution in [0.5, 0.6) is 5.75 Å². The van der Waals surface area contributed by atoms with Crippen molar-refractivity contribution in [3.63, 3.8) is 0 Å². The summed E-state index contributed by atoms with van der Waals surface area (Å²) >= 11 is 0. The number of aryl methyl sites for hydroxylation is 2. The van der Waals surface area contributed by atoms with E-state index in [1.165, 1.54) is 0 Å². The zero-order chi connectivity index (χ0) is 21.5. The molecule has 1 aromatic heterocycles. The summed E-state index contributed by atoms with van der Waals surface area (Å²) in [6.45, 7) is 6.47. The Kier molecular flexibility index (Phi) is 7.22. The molecule has 0 saturated heterocycles. The molecule has 3 rings (SSSR count). The van der Waals surface area contributed by atoms with Gasteiger partial charge in [0.05, 0.1) is 5.69 Å². The first-order valence-electron chi connectivity index (χ1n) is 9.94. The normalized spacial score (nSPS) is 12.3. The van der Waals surface area contributed by atoms with E-state index in [0.29, 0.717) is 23.6 Å². The van der Waals surface area contributed by atoms with Crippen LogP contribution in [-0.2, 0) is 11.4 Å². The summed E-state index contributed by atoms with van der Waals surface area (Å²) in [5.41, 5.74) is 4.48. The second kappa shape index (κ2) is 10.1. The number of carbonyl (C=O) groups is 1. The summed E-state index contributed by atoms with van der Waals surface area (Å²) in [5.74, 6) is 0.732. The number of hydrogen-bond acceptors (Lipinski definition) is 4. The average Bonchev–Trinajstić information content (AvgIpc) is 3.09. The maximum absolute atomic E-state index is 13.0. The Bertz CT molecular complexity index is 1020. The van der Waals surface area contributed by atoms with Crippen molar-refractivity contribution < 1.29 is 19.7 Å². The predicted molar refractivity (Wildman–Crippen MR) is 118 cm³/mol. The van der Waals surface area contributed by atoms with E-state index < -0.39 is 0 Å². The number of benzene rings is 2. The molecule has 2 aromatic carbocycles. The van der Waals surface area contributed by atoms with Gasteiger partial charge in [0.25, 0.3) is 0 Å². The van der Waals surface area contributed by atoms with Crippen LogP contribution in [0.1, 0.15) is 39.7 Å². The van der Waals surface area contributed by atoms with Gasteiger partial charge < -0.3 is 9.30 Å². The standard InChI is InChI=1S/C25H27NO4/c1-18-9-11-22(12-10-18)25(27)24-19(2)13-15-26(24)14-5-7-21-6-4-8-23(16-21)30-20(3)17-29-28/h4-13,15-16,20,28H,14,17H2,1-3H3/b7-5+/t20-/m0/s1. The van der Waals surface area contributed by atoms with Gasteiger partial charge >= 0.3 is 0 Å². The molecule has 5 nitrogen and oxygen atoms in total. The van der Waals surface area contributed by atoms with Gasteiger partial charge in [0.1, 0.15) is 18.5 Å². The number of ketones is 1. The molecule has 5 heteroatoms. The molecule has 0 saturated carbocycles. The highest BCUT2D eigenvalue weighted by molar-refractivity contribution is 6.08. The Morgan fingerprint density at radius 1 is 1.13 bits per heavy atom. The van der Waals surface area contributed by atoms with E-state index in [4.69, 9.17) is 9.99 Å². The lowest BCUT2D eigenvalue weighted by atomic mass is 10.0. The monoisotopic (exact) mass is 405 g/mol. The number of ether oxygens (including phenoxy) is 1. The molecule has 0 bridgehead atoms. The molecule has 3 aromatic rings. The van der Waals surface area contributed by atoms with E-state index >= 15 is 0 Å². The fraction of sp³-hybridized carbons (Fsp3) is 0.240. The molecule has 156 valence electrons. The molecule has 1 heterocycles. The highest BCUT2D eigenvalue weighted by atomic mass is 17.1. The predicted octanol–water partition coefficient (Wildman–Crippen LogP) is 5.31. The van der Waals surface area contributed by atoms with Crippen molar-refractivity contribution in [3.05, 3.63) is 94.8 Å². The van der Waals surface area contributed by atoms with Gasteiger partial charge in [-0.2, -0.15) is 0 Å². The van der Waals surface area contributed by atoms with Crippen LogP contribution in [0.4, 0.5) is 0 Å². The summed E-state index contributed by atoms with van der Waals surface area (Å²) in [5, 5.41) is 8.52. The van der Waals surface area contributed by atoms with Gasteiger partial charge in [-0.15, -0.1) is 0 Å². The molecule has 0 spiro atoms. The van der Waals surface area contributed by atoms with Crippen LogP contribution in [0.3, 0.4) is 0 Å². The van der Waals surface area contributed by atoms with Crippen molar-refractivity contribution in [2.45, 2.75) is 33.4 Å². The Labute approximate surface area is 177 Å². The number of aromatic nitrogens is 1. The summed E-state index contributed by atoms with van der Waals surface area (Å²) < 4.78 is 7.67. The first-order chi connectivity index (χ1) is 14.5. The van der Waals surface area contributed by atoms with Gasteiger partial charge in [-0.3, -0.25) is 10.1 Å². The maximum Gasteiger partial charge on any atom is 0.209 e. The topological polar surface area (TPSA) is 60.7 Å². The SMILES string of the molecule is Cc1ccc(C(=O)c2c(C)ccn2C/C=C/c2cccc(O[C@@H](C)COO)c2)cc1. The molecule has 0 amide bonds. The van der Waals surface area contributed by atoms with Crippen LogP contribution in [-0.4, -0.2) is 28.3 Å². The van der Waals surface area contributed by atoms with Gasteiger partial charge in [0.2, 0.25) is 5.78 Å². The quantitative estimate of drug-likeness (QED) is 0.298. The minimum atomic E-state index is -0.257. The summed E-state index contributed by atoms with van der Waals surface area (Å²) in [6.07, 6.45) is 5.70. The number of carbonyl (C=O) groups excluding carboxylic acids is 1. The van der Waals surface area contributed by atoms with Crippen LogP contribution in [0, 0.1) is 13.8 Å². The van der Waals surface area contributed by atoms with Crippen molar-refractivity contribution in [2.75, 3.05) is 6.61 Å². The van der Waals surface area contributed by atoms with Crippen molar-refractivity contribution in [2.24, 2.45) is 0 Å². The minimum absolute atomic E-state index is 0.0291. The lowest BCUT2D eigenvalue weighted by molar-refractivity contribution is -0.253. The van der Waals surface area contributed by atoms with E-state index in [0.717, 1.165) is 16.7 Å². The molecular weight excluding hydrogens is 378 g/mol. The molecular formula is C25H27NO4. The molecule has 0 aliphatic carbocycles. The zero-order valence-electron chi connectivity index (χ0n) is 17.5. The Balaban J connectivity index is 1.72. The van der Waals surface area contributed by atoms with Crippen LogP contribution < -0.4 is 4.74 Å². The van der Waals surface area contributed by atoms with Gasteiger partial charge in [-0.05, 0) is 50.1 Å². The Morgan fingerprint density at radius 2 is 1.90 bits per heavy atom. The third-order valence-corrected chi connectivity index (χ3v) is 4.81. The second-order valence-electron chi connectivity index (χ2n) is 7.39. The highest BCUT2D eigenvalue weighted by Gasteiger charge is 2.16. The summed E-state index contributed by atoms with van der Waals surface area (Å²) in [6, 6.07) is 17.3. The van der Waals surface area contributed by atoms with Gasteiger partial charge in [-0.25, -0.2) is 4.89 Å². The third kappa shape index (κ3) is 5.47. The molecule has 1 N–H and O–H groups in total. The molecule has 0 fully saturated rings. The van der Waals surface area contributed by atoms with Gasteiger partial charge in [0.15, 0.2) is 0 Å². The fourth-order valence-corrected chi connectivity index (χ4v) is 3.25. The molecule has 0 unspecified atom stereocenters. The summed E-state index contributed by atoms with van der Waals surface area (Å²) in [4.78, 5) is 17.1. The number of allylic oxidation sites excluding steroid dienone is 1. The lowest BCUT2D eigenvalue weighted by Crippen LogP contribution is -2.18. The van der Waals surface area contributed by atoms with Crippen molar-refractivity contribution in [1.29, 1.82) is 0 Å². The zero-order valence-corrected chi connectivity index (χ0v) is 17.5. The number of rotatable bonds is 9. The second-order valence-corrected chi connectivity index (χ2v) is 7.39. The molecule has 30 heavy (non-hydrogen) atoms. The fourth-order valence-electron chi connectivity index (χ4n) is 3.25. The molecule has 0 aliphatic rings.